The van der Waals surface area contributed by atoms with Gasteiger partial charge in [-0.3, -0.25) is 9.59 Å². The molecule has 5 rings (SSSR count). The average Bonchev–Trinajstić information content (AvgIpc) is 3.31. The van der Waals surface area contributed by atoms with Crippen LogP contribution < -0.4 is 5.43 Å². The van der Waals surface area contributed by atoms with Gasteiger partial charge < -0.3 is 14.1 Å². The maximum Gasteiger partial charge on any atom is 0.291 e. The van der Waals surface area contributed by atoms with Crippen LogP contribution in [0, 0.1) is 0 Å². The first-order valence-electron chi connectivity index (χ1n) is 9.37. The van der Waals surface area contributed by atoms with E-state index in [0.29, 0.717) is 29.7 Å². The number of ether oxygens (including phenoxy) is 1. The Kier molecular flexibility index (Phi) is 4.33. The van der Waals surface area contributed by atoms with Crippen molar-refractivity contribution in [3.8, 4) is 0 Å². The Hall–Kier alpha value is -2.44. The summed E-state index contributed by atoms with van der Waals surface area (Å²) >= 11 is 3.41. The highest BCUT2D eigenvalue weighted by Crippen LogP contribution is 2.39. The van der Waals surface area contributed by atoms with E-state index in [2.05, 4.69) is 15.9 Å². The zero-order chi connectivity index (χ0) is 19.3. The van der Waals surface area contributed by atoms with Crippen molar-refractivity contribution < 1.29 is 13.9 Å². The summed E-state index contributed by atoms with van der Waals surface area (Å²) in [7, 11) is 0. The second kappa shape index (κ2) is 6.87. The van der Waals surface area contributed by atoms with Gasteiger partial charge in [-0.25, -0.2) is 0 Å². The van der Waals surface area contributed by atoms with Crippen molar-refractivity contribution in [2.24, 2.45) is 0 Å². The Morgan fingerprint density at radius 2 is 1.93 bits per heavy atom. The Bertz CT molecular complexity index is 1120. The van der Waals surface area contributed by atoms with Crippen molar-refractivity contribution in [1.29, 1.82) is 0 Å². The fourth-order valence-corrected chi connectivity index (χ4v) is 4.53. The van der Waals surface area contributed by atoms with E-state index in [1.807, 2.05) is 30.3 Å². The van der Waals surface area contributed by atoms with Crippen LogP contribution in [0.2, 0.25) is 0 Å². The molecule has 5 nitrogen and oxygen atoms in total. The lowest BCUT2D eigenvalue weighted by Gasteiger charge is -2.27. The van der Waals surface area contributed by atoms with Crippen LogP contribution in [0.1, 0.15) is 40.6 Å². The van der Waals surface area contributed by atoms with Crippen molar-refractivity contribution in [1.82, 2.24) is 4.90 Å². The molecule has 1 saturated heterocycles. The summed E-state index contributed by atoms with van der Waals surface area (Å²) in [5.74, 6) is -0.104. The average molecular weight is 440 g/mol. The number of amides is 1. The highest BCUT2D eigenvalue weighted by Gasteiger charge is 2.43. The van der Waals surface area contributed by atoms with Gasteiger partial charge in [0.2, 0.25) is 5.76 Å². The maximum atomic E-state index is 13.4. The largest absolute Gasteiger partial charge is 0.450 e. The van der Waals surface area contributed by atoms with E-state index in [-0.39, 0.29) is 23.2 Å². The third-order valence-corrected chi connectivity index (χ3v) is 5.96. The number of benzene rings is 2. The predicted molar refractivity (Wildman–Crippen MR) is 108 cm³/mol. The van der Waals surface area contributed by atoms with Gasteiger partial charge in [-0.15, -0.1) is 0 Å². The van der Waals surface area contributed by atoms with Gasteiger partial charge in [0.15, 0.2) is 5.43 Å². The summed E-state index contributed by atoms with van der Waals surface area (Å²) < 4.78 is 12.5. The van der Waals surface area contributed by atoms with Gasteiger partial charge in [0, 0.05) is 17.6 Å². The molecule has 0 radical (unpaired) electrons. The van der Waals surface area contributed by atoms with Crippen LogP contribution in [0.25, 0.3) is 11.0 Å². The Balaban J connectivity index is 1.71. The lowest BCUT2D eigenvalue weighted by Crippen LogP contribution is -2.36. The van der Waals surface area contributed by atoms with Crippen molar-refractivity contribution in [3.05, 3.63) is 80.1 Å². The van der Waals surface area contributed by atoms with Crippen LogP contribution in [0.3, 0.4) is 0 Å². The molecule has 2 aliphatic rings. The molecule has 2 atom stereocenters. The molecule has 2 aliphatic heterocycles. The van der Waals surface area contributed by atoms with Crippen molar-refractivity contribution >= 4 is 32.8 Å². The Labute approximate surface area is 170 Å². The van der Waals surface area contributed by atoms with Crippen molar-refractivity contribution in [2.45, 2.75) is 25.0 Å². The summed E-state index contributed by atoms with van der Waals surface area (Å²) in [6, 6.07) is 14.4. The number of nitrogens with zero attached hydrogens (tertiary/aromatic N) is 1. The van der Waals surface area contributed by atoms with E-state index < -0.39 is 6.04 Å². The molecule has 3 heterocycles. The Morgan fingerprint density at radius 3 is 2.68 bits per heavy atom. The molecular weight excluding hydrogens is 422 g/mol. The van der Waals surface area contributed by atoms with Crippen LogP contribution in [-0.4, -0.2) is 30.1 Å². The molecule has 0 spiro atoms. The zero-order valence-electron chi connectivity index (χ0n) is 15.1. The van der Waals surface area contributed by atoms with Gasteiger partial charge in [-0.05, 0) is 36.6 Å². The van der Waals surface area contributed by atoms with Gasteiger partial charge >= 0.3 is 0 Å². The fraction of sp³-hybridized carbons (Fsp3) is 0.273. The summed E-state index contributed by atoms with van der Waals surface area (Å²) in [5, 5.41) is 0.473. The highest BCUT2D eigenvalue weighted by molar-refractivity contribution is 9.10. The zero-order valence-corrected chi connectivity index (χ0v) is 16.6. The first kappa shape index (κ1) is 17.6. The molecule has 142 valence electrons. The molecule has 28 heavy (non-hydrogen) atoms. The van der Waals surface area contributed by atoms with Gasteiger partial charge in [0.1, 0.15) is 5.58 Å². The first-order chi connectivity index (χ1) is 13.6. The number of rotatable bonds is 3. The molecule has 0 saturated carbocycles. The molecule has 0 N–H and O–H groups in total. The normalized spacial score (nSPS) is 21.5. The summed E-state index contributed by atoms with van der Waals surface area (Å²) in [6.07, 6.45) is 1.89. The topological polar surface area (TPSA) is 59.8 Å². The third-order valence-electron chi connectivity index (χ3n) is 5.47. The minimum absolute atomic E-state index is 0.0110. The smallest absolute Gasteiger partial charge is 0.291 e. The van der Waals surface area contributed by atoms with Crippen LogP contribution in [-0.2, 0) is 4.74 Å². The van der Waals surface area contributed by atoms with E-state index in [1.54, 1.807) is 23.1 Å². The molecule has 1 aromatic heterocycles. The minimum Gasteiger partial charge on any atom is -0.450 e. The highest BCUT2D eigenvalue weighted by atomic mass is 79.9. The SMILES string of the molecule is O=C1c2oc3ccc(Br)cc3c(=O)c2[C@H](c2ccccc2)N1C[C@@H]1CCCO1. The number of hydrogen-bond donors (Lipinski definition) is 0. The van der Waals surface area contributed by atoms with Gasteiger partial charge in [-0.1, -0.05) is 46.3 Å². The molecular formula is C22H18BrNO4. The molecule has 1 fully saturated rings. The number of halogens is 1. The second-order valence-electron chi connectivity index (χ2n) is 7.22. The summed E-state index contributed by atoms with van der Waals surface area (Å²) in [4.78, 5) is 28.4. The predicted octanol–water partition coefficient (Wildman–Crippen LogP) is 4.28. The van der Waals surface area contributed by atoms with E-state index in [1.165, 1.54) is 0 Å². The van der Waals surface area contributed by atoms with Gasteiger partial charge in [0.25, 0.3) is 5.91 Å². The van der Waals surface area contributed by atoms with Crippen LogP contribution in [0.4, 0.5) is 0 Å². The van der Waals surface area contributed by atoms with Gasteiger partial charge in [-0.2, -0.15) is 0 Å². The third kappa shape index (κ3) is 2.79. The standard InChI is InChI=1S/C22H18BrNO4/c23-14-8-9-17-16(11-14)20(25)18-19(13-5-2-1-3-6-13)24(22(26)21(18)28-17)12-15-7-4-10-27-15/h1-3,5-6,8-9,11,15,19H,4,7,10,12H2/t15-,19-/m0/s1. The number of hydrogen-bond acceptors (Lipinski definition) is 4. The Morgan fingerprint density at radius 1 is 1.11 bits per heavy atom. The van der Waals surface area contributed by atoms with Crippen molar-refractivity contribution in [3.63, 3.8) is 0 Å². The lowest BCUT2D eigenvalue weighted by molar-refractivity contribution is 0.0486. The molecule has 0 unspecified atom stereocenters. The van der Waals surface area contributed by atoms with E-state index >= 15 is 0 Å². The fourth-order valence-electron chi connectivity index (χ4n) is 4.17. The number of fused-ring (bicyclic) bond motifs is 2. The summed E-state index contributed by atoms with van der Waals surface area (Å²) in [5.41, 5.74) is 1.58. The second-order valence-corrected chi connectivity index (χ2v) is 8.14. The van der Waals surface area contributed by atoms with E-state index in [4.69, 9.17) is 9.15 Å². The maximum absolute atomic E-state index is 13.4. The van der Waals surface area contributed by atoms with Crippen LogP contribution in [0.5, 0.6) is 0 Å². The van der Waals surface area contributed by atoms with E-state index in [9.17, 15) is 9.59 Å². The quantitative estimate of drug-likeness (QED) is 0.610. The lowest BCUT2D eigenvalue weighted by atomic mass is 9.98. The molecule has 0 aliphatic carbocycles. The molecule has 1 amide bonds. The summed E-state index contributed by atoms with van der Waals surface area (Å²) in [6.45, 7) is 1.16. The monoisotopic (exact) mass is 439 g/mol. The van der Waals surface area contributed by atoms with Crippen molar-refractivity contribution in [2.75, 3.05) is 13.2 Å². The minimum atomic E-state index is -0.465. The van der Waals surface area contributed by atoms with Gasteiger partial charge in [0.05, 0.1) is 23.1 Å². The number of carbonyl (C=O) groups is 1. The molecule has 6 heteroatoms. The first-order valence-corrected chi connectivity index (χ1v) is 10.2. The molecule has 2 aromatic carbocycles. The molecule has 3 aromatic rings. The van der Waals surface area contributed by atoms with Crippen LogP contribution in [0.15, 0.2) is 62.2 Å². The number of carbonyl (C=O) groups excluding carboxylic acids is 1. The molecule has 0 bridgehead atoms. The van der Waals surface area contributed by atoms with Crippen LogP contribution >= 0.6 is 15.9 Å². The van der Waals surface area contributed by atoms with E-state index in [0.717, 1.165) is 22.9 Å².